The molecule has 1 aliphatic heterocycles. The third-order valence-electron chi connectivity index (χ3n) is 3.20. The second kappa shape index (κ2) is 6.00. The van der Waals surface area contributed by atoms with Crippen LogP contribution in [0, 0.1) is 0 Å². The predicted octanol–water partition coefficient (Wildman–Crippen LogP) is 0.696. The monoisotopic (exact) mass is 284 g/mol. The van der Waals surface area contributed by atoms with Crippen molar-refractivity contribution in [2.75, 3.05) is 19.7 Å². The Morgan fingerprint density at radius 2 is 1.95 bits per heavy atom. The molecule has 1 saturated heterocycles. The van der Waals surface area contributed by atoms with Gasteiger partial charge in [-0.15, -0.1) is 0 Å². The van der Waals surface area contributed by atoms with E-state index in [-0.39, 0.29) is 11.9 Å². The molecule has 2 N–H and O–H groups in total. The molecule has 0 bridgehead atoms. The SMILES string of the molecule is CC1CN(S(=O)(=O)Cc2ccc(CN)cc2)CCO1. The summed E-state index contributed by atoms with van der Waals surface area (Å²) in [4.78, 5) is 0. The third-order valence-corrected chi connectivity index (χ3v) is 5.02. The van der Waals surface area contributed by atoms with Crippen molar-refractivity contribution < 1.29 is 13.2 Å². The van der Waals surface area contributed by atoms with E-state index < -0.39 is 10.0 Å². The predicted molar refractivity (Wildman–Crippen MR) is 73.9 cm³/mol. The zero-order valence-corrected chi connectivity index (χ0v) is 11.9. The maximum Gasteiger partial charge on any atom is 0.218 e. The lowest BCUT2D eigenvalue weighted by atomic mass is 10.1. The Kier molecular flexibility index (Phi) is 4.57. The van der Waals surface area contributed by atoms with Crippen molar-refractivity contribution in [2.24, 2.45) is 5.73 Å². The molecule has 0 radical (unpaired) electrons. The largest absolute Gasteiger partial charge is 0.376 e. The lowest BCUT2D eigenvalue weighted by Crippen LogP contribution is -2.44. The van der Waals surface area contributed by atoms with Crippen LogP contribution in [0.4, 0.5) is 0 Å². The zero-order chi connectivity index (χ0) is 13.9. The summed E-state index contributed by atoms with van der Waals surface area (Å²) < 4.78 is 31.5. The van der Waals surface area contributed by atoms with Crippen molar-refractivity contribution in [1.82, 2.24) is 4.31 Å². The first-order chi connectivity index (χ1) is 9.01. The molecule has 0 saturated carbocycles. The van der Waals surface area contributed by atoms with E-state index in [2.05, 4.69) is 0 Å². The van der Waals surface area contributed by atoms with Crippen LogP contribution in [0.25, 0.3) is 0 Å². The van der Waals surface area contributed by atoms with Crippen LogP contribution in [-0.4, -0.2) is 38.5 Å². The average Bonchev–Trinajstić information content (AvgIpc) is 2.39. The van der Waals surface area contributed by atoms with Gasteiger partial charge >= 0.3 is 0 Å². The molecule has 19 heavy (non-hydrogen) atoms. The highest BCUT2D eigenvalue weighted by Crippen LogP contribution is 2.15. The van der Waals surface area contributed by atoms with E-state index >= 15 is 0 Å². The van der Waals surface area contributed by atoms with E-state index in [1.807, 2.05) is 31.2 Å². The first kappa shape index (κ1) is 14.5. The van der Waals surface area contributed by atoms with Crippen LogP contribution in [0.1, 0.15) is 18.1 Å². The van der Waals surface area contributed by atoms with Crippen LogP contribution >= 0.6 is 0 Å². The fourth-order valence-electron chi connectivity index (χ4n) is 2.11. The Hall–Kier alpha value is -0.950. The average molecular weight is 284 g/mol. The Balaban J connectivity index is 2.07. The fraction of sp³-hybridized carbons (Fsp3) is 0.538. The minimum absolute atomic E-state index is 0.0323. The molecule has 1 aliphatic rings. The molecule has 1 aromatic carbocycles. The molecule has 0 spiro atoms. The van der Waals surface area contributed by atoms with Gasteiger partial charge in [-0.05, 0) is 18.1 Å². The fourth-order valence-corrected chi connectivity index (χ4v) is 3.70. The number of hydrogen-bond donors (Lipinski definition) is 1. The number of morpholine rings is 1. The lowest BCUT2D eigenvalue weighted by molar-refractivity contribution is 0.0101. The van der Waals surface area contributed by atoms with Gasteiger partial charge < -0.3 is 10.5 Å². The van der Waals surface area contributed by atoms with Gasteiger partial charge in [0.2, 0.25) is 10.0 Å². The van der Waals surface area contributed by atoms with Crippen LogP contribution in [0.5, 0.6) is 0 Å². The summed E-state index contributed by atoms with van der Waals surface area (Å²) in [6, 6.07) is 7.38. The van der Waals surface area contributed by atoms with E-state index in [4.69, 9.17) is 10.5 Å². The summed E-state index contributed by atoms with van der Waals surface area (Å²) in [6.07, 6.45) is -0.0388. The highest BCUT2D eigenvalue weighted by Gasteiger charge is 2.27. The quantitative estimate of drug-likeness (QED) is 0.883. The van der Waals surface area contributed by atoms with Crippen molar-refractivity contribution in [2.45, 2.75) is 25.3 Å². The van der Waals surface area contributed by atoms with Gasteiger partial charge in [0, 0.05) is 19.6 Å². The van der Waals surface area contributed by atoms with Gasteiger partial charge in [0.15, 0.2) is 0 Å². The maximum absolute atomic E-state index is 12.3. The van der Waals surface area contributed by atoms with E-state index in [9.17, 15) is 8.42 Å². The van der Waals surface area contributed by atoms with Gasteiger partial charge in [-0.2, -0.15) is 4.31 Å². The number of benzene rings is 1. The molecule has 1 atom stereocenters. The normalized spacial score (nSPS) is 21.5. The first-order valence-corrected chi connectivity index (χ1v) is 7.99. The molecule has 0 aliphatic carbocycles. The molecule has 5 nitrogen and oxygen atoms in total. The lowest BCUT2D eigenvalue weighted by Gasteiger charge is -2.30. The Labute approximate surface area is 114 Å². The van der Waals surface area contributed by atoms with Crippen molar-refractivity contribution in [3.63, 3.8) is 0 Å². The van der Waals surface area contributed by atoms with Gasteiger partial charge in [-0.25, -0.2) is 8.42 Å². The summed E-state index contributed by atoms with van der Waals surface area (Å²) in [5.74, 6) is 0.0323. The molecule has 1 fully saturated rings. The summed E-state index contributed by atoms with van der Waals surface area (Å²) in [5.41, 5.74) is 7.31. The minimum atomic E-state index is -3.27. The number of nitrogens with two attached hydrogens (primary N) is 1. The van der Waals surface area contributed by atoms with Crippen LogP contribution in [0.3, 0.4) is 0 Å². The Morgan fingerprint density at radius 3 is 2.53 bits per heavy atom. The van der Waals surface area contributed by atoms with Gasteiger partial charge in [0.25, 0.3) is 0 Å². The summed E-state index contributed by atoms with van der Waals surface area (Å²) in [6.45, 7) is 3.69. The Bertz CT molecular complexity index is 513. The standard InChI is InChI=1S/C13H20N2O3S/c1-11-9-15(6-7-18-11)19(16,17)10-13-4-2-12(8-14)3-5-13/h2-5,11H,6-10,14H2,1H3. The van der Waals surface area contributed by atoms with Gasteiger partial charge in [-0.1, -0.05) is 24.3 Å². The number of ether oxygens (including phenoxy) is 1. The molecule has 1 aromatic rings. The van der Waals surface area contributed by atoms with Crippen LogP contribution in [0.15, 0.2) is 24.3 Å². The third kappa shape index (κ3) is 3.76. The highest BCUT2D eigenvalue weighted by atomic mass is 32.2. The van der Waals surface area contributed by atoms with Crippen molar-refractivity contribution >= 4 is 10.0 Å². The highest BCUT2D eigenvalue weighted by molar-refractivity contribution is 7.88. The van der Waals surface area contributed by atoms with Crippen LogP contribution in [-0.2, 0) is 27.1 Å². The van der Waals surface area contributed by atoms with Gasteiger partial charge in [0.05, 0.1) is 18.5 Å². The second-order valence-corrected chi connectivity index (χ2v) is 6.79. The molecule has 1 heterocycles. The number of sulfonamides is 1. The van der Waals surface area contributed by atoms with Crippen LogP contribution in [0.2, 0.25) is 0 Å². The topological polar surface area (TPSA) is 72.6 Å². The van der Waals surface area contributed by atoms with E-state index in [1.54, 1.807) is 0 Å². The molecule has 0 amide bonds. The second-order valence-electron chi connectivity index (χ2n) is 4.82. The number of rotatable bonds is 4. The van der Waals surface area contributed by atoms with Crippen LogP contribution < -0.4 is 5.73 Å². The summed E-state index contributed by atoms with van der Waals surface area (Å²) in [7, 11) is -3.27. The molecule has 0 aromatic heterocycles. The molecular weight excluding hydrogens is 264 g/mol. The molecule has 1 unspecified atom stereocenters. The van der Waals surface area contributed by atoms with Crippen molar-refractivity contribution in [1.29, 1.82) is 0 Å². The number of hydrogen-bond acceptors (Lipinski definition) is 4. The van der Waals surface area contributed by atoms with Gasteiger partial charge in [-0.3, -0.25) is 0 Å². The van der Waals surface area contributed by atoms with E-state index in [1.165, 1.54) is 4.31 Å². The van der Waals surface area contributed by atoms with Crippen molar-refractivity contribution in [3.05, 3.63) is 35.4 Å². The first-order valence-electron chi connectivity index (χ1n) is 6.38. The summed E-state index contributed by atoms with van der Waals surface area (Å²) in [5, 5.41) is 0. The smallest absolute Gasteiger partial charge is 0.218 e. The summed E-state index contributed by atoms with van der Waals surface area (Å²) >= 11 is 0. The van der Waals surface area contributed by atoms with Gasteiger partial charge in [0.1, 0.15) is 0 Å². The maximum atomic E-state index is 12.3. The zero-order valence-electron chi connectivity index (χ0n) is 11.1. The Morgan fingerprint density at radius 1 is 1.32 bits per heavy atom. The molecule has 2 rings (SSSR count). The van der Waals surface area contributed by atoms with E-state index in [0.717, 1.165) is 11.1 Å². The van der Waals surface area contributed by atoms with E-state index in [0.29, 0.717) is 26.2 Å². The minimum Gasteiger partial charge on any atom is -0.376 e. The molecule has 106 valence electrons. The molecular formula is C13H20N2O3S. The number of nitrogens with zero attached hydrogens (tertiary/aromatic N) is 1. The van der Waals surface area contributed by atoms with Crippen molar-refractivity contribution in [3.8, 4) is 0 Å². The molecule has 6 heteroatoms.